The Labute approximate surface area is 151 Å². The topological polar surface area (TPSA) is 47.6 Å². The number of carbonyl (C=O) groups is 1. The van der Waals surface area contributed by atoms with Gasteiger partial charge in [-0.05, 0) is 45.3 Å². The van der Waals surface area contributed by atoms with Crippen LogP contribution in [0.5, 0.6) is 0 Å². The molecule has 0 aliphatic carbocycles. The van der Waals surface area contributed by atoms with Crippen LogP contribution in [0.4, 0.5) is 0 Å². The third-order valence-electron chi connectivity index (χ3n) is 5.66. The number of piperazine rings is 1. The first-order valence-electron chi connectivity index (χ1n) is 9.59. The molecule has 0 spiro atoms. The molecule has 5 nitrogen and oxygen atoms in total. The van der Waals surface area contributed by atoms with Gasteiger partial charge in [-0.2, -0.15) is 0 Å². The van der Waals surface area contributed by atoms with Crippen LogP contribution in [-0.2, 0) is 4.79 Å². The van der Waals surface area contributed by atoms with Crippen LogP contribution in [0.15, 0.2) is 30.3 Å². The third kappa shape index (κ3) is 4.60. The Bertz CT molecular complexity index is 556. The van der Waals surface area contributed by atoms with Crippen molar-refractivity contribution >= 4 is 5.91 Å². The van der Waals surface area contributed by atoms with Crippen molar-refractivity contribution in [2.75, 3.05) is 46.3 Å². The first kappa shape index (κ1) is 18.4. The summed E-state index contributed by atoms with van der Waals surface area (Å²) in [5, 5.41) is 6.46. The summed E-state index contributed by atoms with van der Waals surface area (Å²) in [5.74, 6) is 0.156. The molecule has 2 N–H and O–H groups in total. The highest BCUT2D eigenvalue weighted by atomic mass is 16.2. The molecule has 25 heavy (non-hydrogen) atoms. The number of rotatable bonds is 6. The minimum atomic E-state index is -0.361. The maximum Gasteiger partial charge on any atom is 0.240 e. The highest BCUT2D eigenvalue weighted by molar-refractivity contribution is 5.86. The highest BCUT2D eigenvalue weighted by Gasteiger charge is 2.35. The molecular weight excluding hydrogens is 312 g/mol. The van der Waals surface area contributed by atoms with Crippen LogP contribution >= 0.6 is 0 Å². The molecule has 2 saturated heterocycles. The van der Waals surface area contributed by atoms with E-state index in [9.17, 15) is 4.79 Å². The van der Waals surface area contributed by atoms with Gasteiger partial charge in [0.25, 0.3) is 0 Å². The second-order valence-electron chi connectivity index (χ2n) is 7.70. The number of nitrogens with zero attached hydrogens (tertiary/aromatic N) is 2. The van der Waals surface area contributed by atoms with E-state index in [2.05, 4.69) is 57.8 Å². The molecule has 1 aromatic rings. The van der Waals surface area contributed by atoms with Crippen molar-refractivity contribution in [1.82, 2.24) is 20.4 Å². The number of nitrogens with one attached hydrogen (secondary N) is 2. The lowest BCUT2D eigenvalue weighted by Gasteiger charge is -2.40. The van der Waals surface area contributed by atoms with Gasteiger partial charge in [0, 0.05) is 38.8 Å². The smallest absolute Gasteiger partial charge is 0.240 e. The molecule has 2 atom stereocenters. The van der Waals surface area contributed by atoms with Crippen molar-refractivity contribution in [3.05, 3.63) is 35.9 Å². The lowest BCUT2D eigenvalue weighted by molar-refractivity contribution is -0.126. The van der Waals surface area contributed by atoms with Crippen LogP contribution in [-0.4, -0.2) is 67.6 Å². The number of amides is 1. The molecule has 5 heteroatoms. The Balaban J connectivity index is 1.48. The van der Waals surface area contributed by atoms with Gasteiger partial charge in [0.2, 0.25) is 5.91 Å². The summed E-state index contributed by atoms with van der Waals surface area (Å²) in [6.45, 7) is 8.01. The summed E-state index contributed by atoms with van der Waals surface area (Å²) in [7, 11) is 2.20. The Morgan fingerprint density at radius 3 is 2.84 bits per heavy atom. The number of hydrogen-bond acceptors (Lipinski definition) is 4. The molecule has 2 fully saturated rings. The van der Waals surface area contributed by atoms with E-state index in [4.69, 9.17) is 0 Å². The van der Waals surface area contributed by atoms with E-state index in [1.54, 1.807) is 0 Å². The van der Waals surface area contributed by atoms with Gasteiger partial charge >= 0.3 is 0 Å². The predicted molar refractivity (Wildman–Crippen MR) is 102 cm³/mol. The fourth-order valence-electron chi connectivity index (χ4n) is 3.98. The fourth-order valence-corrected chi connectivity index (χ4v) is 3.98. The average molecular weight is 345 g/mol. The predicted octanol–water partition coefficient (Wildman–Crippen LogP) is 1.62. The number of likely N-dealkylation sites (N-methyl/N-ethyl adjacent to an activating group) is 1. The zero-order valence-electron chi connectivity index (χ0n) is 15.6. The molecule has 138 valence electrons. The van der Waals surface area contributed by atoms with Crippen molar-refractivity contribution in [3.8, 4) is 0 Å². The summed E-state index contributed by atoms with van der Waals surface area (Å²) in [5.41, 5.74) is 1.03. The van der Waals surface area contributed by atoms with Gasteiger partial charge in [-0.3, -0.25) is 9.69 Å². The van der Waals surface area contributed by atoms with Gasteiger partial charge in [0.05, 0.1) is 5.54 Å². The van der Waals surface area contributed by atoms with Gasteiger partial charge in [0.1, 0.15) is 0 Å². The quantitative estimate of drug-likeness (QED) is 0.770. The van der Waals surface area contributed by atoms with E-state index in [0.29, 0.717) is 6.04 Å². The van der Waals surface area contributed by atoms with Crippen LogP contribution in [0.1, 0.15) is 37.8 Å². The molecule has 0 unspecified atom stereocenters. The van der Waals surface area contributed by atoms with Gasteiger partial charge in [-0.25, -0.2) is 0 Å². The van der Waals surface area contributed by atoms with Crippen molar-refractivity contribution in [2.45, 2.75) is 37.8 Å². The summed E-state index contributed by atoms with van der Waals surface area (Å²) in [6, 6.07) is 11.2. The van der Waals surface area contributed by atoms with E-state index < -0.39 is 0 Å². The van der Waals surface area contributed by atoms with E-state index in [0.717, 1.165) is 58.5 Å². The van der Waals surface area contributed by atoms with Crippen molar-refractivity contribution in [1.29, 1.82) is 0 Å². The van der Waals surface area contributed by atoms with Crippen LogP contribution < -0.4 is 10.6 Å². The van der Waals surface area contributed by atoms with Crippen LogP contribution in [0.25, 0.3) is 0 Å². The molecule has 2 aliphatic rings. The van der Waals surface area contributed by atoms with Crippen molar-refractivity contribution in [3.63, 3.8) is 0 Å². The Kier molecular flexibility index (Phi) is 6.10. The second kappa shape index (κ2) is 8.30. The Hall–Kier alpha value is -1.43. The zero-order chi connectivity index (χ0) is 17.7. The highest BCUT2D eigenvalue weighted by Crippen LogP contribution is 2.24. The van der Waals surface area contributed by atoms with Gasteiger partial charge in [-0.1, -0.05) is 30.3 Å². The van der Waals surface area contributed by atoms with Crippen molar-refractivity contribution in [2.24, 2.45) is 0 Å². The van der Waals surface area contributed by atoms with Gasteiger partial charge < -0.3 is 15.5 Å². The number of carbonyl (C=O) groups excluding carboxylic acids is 1. The standard InChI is InChI=1S/C20H32N4O/c1-20(10-6-12-22-20)19(25)21-11-7-13-24-15-14-23(2)16-18(24)17-8-4-3-5-9-17/h3-5,8-9,18,22H,6-7,10-16H2,1-2H3,(H,21,25)/t18-,20-/m1/s1. The summed E-state index contributed by atoms with van der Waals surface area (Å²) >= 11 is 0. The third-order valence-corrected chi connectivity index (χ3v) is 5.66. The Morgan fingerprint density at radius 1 is 1.32 bits per heavy atom. The second-order valence-corrected chi connectivity index (χ2v) is 7.70. The lowest BCUT2D eigenvalue weighted by atomic mass is 9.99. The van der Waals surface area contributed by atoms with Crippen molar-refractivity contribution < 1.29 is 4.79 Å². The van der Waals surface area contributed by atoms with Gasteiger partial charge in [-0.15, -0.1) is 0 Å². The molecule has 1 aromatic carbocycles. The van der Waals surface area contributed by atoms with E-state index in [1.807, 2.05) is 6.92 Å². The Morgan fingerprint density at radius 2 is 2.12 bits per heavy atom. The first-order chi connectivity index (χ1) is 12.1. The molecule has 1 amide bonds. The fraction of sp³-hybridized carbons (Fsp3) is 0.650. The molecule has 3 rings (SSSR count). The molecule has 2 heterocycles. The SMILES string of the molecule is CN1CCN(CCCNC(=O)[C@@]2(C)CCCN2)[C@@H](c2ccccc2)C1. The zero-order valence-corrected chi connectivity index (χ0v) is 15.6. The minimum absolute atomic E-state index is 0.156. The molecular formula is C20H32N4O. The first-order valence-corrected chi connectivity index (χ1v) is 9.59. The van der Waals surface area contributed by atoms with E-state index in [-0.39, 0.29) is 11.4 Å². The normalized spacial score (nSPS) is 28.2. The van der Waals surface area contributed by atoms with E-state index in [1.165, 1.54) is 5.56 Å². The van der Waals surface area contributed by atoms with Gasteiger partial charge in [0.15, 0.2) is 0 Å². The summed E-state index contributed by atoms with van der Waals surface area (Å²) in [4.78, 5) is 17.3. The molecule has 0 saturated carbocycles. The van der Waals surface area contributed by atoms with Crippen LogP contribution in [0, 0.1) is 0 Å². The molecule has 0 radical (unpaired) electrons. The average Bonchev–Trinajstić information content (AvgIpc) is 3.08. The number of hydrogen-bond donors (Lipinski definition) is 2. The maximum absolute atomic E-state index is 12.4. The minimum Gasteiger partial charge on any atom is -0.354 e. The monoisotopic (exact) mass is 344 g/mol. The van der Waals surface area contributed by atoms with Crippen LogP contribution in [0.3, 0.4) is 0 Å². The van der Waals surface area contributed by atoms with E-state index >= 15 is 0 Å². The maximum atomic E-state index is 12.4. The lowest BCUT2D eigenvalue weighted by Crippen LogP contribution is -2.51. The largest absolute Gasteiger partial charge is 0.354 e. The molecule has 0 aromatic heterocycles. The number of benzene rings is 1. The van der Waals surface area contributed by atoms with Crippen LogP contribution in [0.2, 0.25) is 0 Å². The molecule has 2 aliphatic heterocycles. The molecule has 0 bridgehead atoms. The summed E-state index contributed by atoms with van der Waals surface area (Å²) in [6.07, 6.45) is 3.02. The summed E-state index contributed by atoms with van der Waals surface area (Å²) < 4.78 is 0.